The molecule has 0 saturated carbocycles. The normalized spacial score (nSPS) is 10.5. The fourth-order valence-corrected chi connectivity index (χ4v) is 1.88. The molecule has 0 spiro atoms. The van der Waals surface area contributed by atoms with Crippen LogP contribution in [0.25, 0.3) is 0 Å². The molecule has 0 amide bonds. The summed E-state index contributed by atoms with van der Waals surface area (Å²) in [5, 5.41) is 18.0. The Hall–Kier alpha value is -2.44. The van der Waals surface area contributed by atoms with E-state index >= 15 is 0 Å². The van der Waals surface area contributed by atoms with Crippen LogP contribution < -0.4 is 5.32 Å². The summed E-state index contributed by atoms with van der Waals surface area (Å²) in [7, 11) is 0. The molecule has 2 aromatic rings. The average molecular weight is 275 g/mol. The molecule has 1 N–H and O–H groups in total. The van der Waals surface area contributed by atoms with Crippen molar-refractivity contribution in [2.45, 2.75) is 26.8 Å². The largest absolute Gasteiger partial charge is 0.392 e. The second kappa shape index (κ2) is 6.14. The topological polar surface area (TPSA) is 85.9 Å². The highest BCUT2D eigenvalue weighted by molar-refractivity contribution is 5.43. The van der Waals surface area contributed by atoms with E-state index in [2.05, 4.69) is 22.3 Å². The number of nitrogens with zero attached hydrogens (tertiary/aromatic N) is 4. The fourth-order valence-electron chi connectivity index (χ4n) is 1.88. The summed E-state index contributed by atoms with van der Waals surface area (Å²) in [4.78, 5) is 14.5. The van der Waals surface area contributed by atoms with Gasteiger partial charge in [0.1, 0.15) is 6.54 Å². The smallest absolute Gasteiger partial charge is 0.385 e. The number of rotatable bonds is 6. The van der Waals surface area contributed by atoms with Crippen molar-refractivity contribution in [3.05, 3.63) is 45.9 Å². The van der Waals surface area contributed by atoms with Gasteiger partial charge in [0, 0.05) is 18.4 Å². The Morgan fingerprint density at radius 1 is 1.50 bits per heavy atom. The second-order valence-electron chi connectivity index (χ2n) is 4.55. The summed E-state index contributed by atoms with van der Waals surface area (Å²) in [6.07, 6.45) is 4.42. The molecule has 2 heterocycles. The van der Waals surface area contributed by atoms with E-state index in [4.69, 9.17) is 0 Å². The molecule has 7 nitrogen and oxygen atoms in total. The lowest BCUT2D eigenvalue weighted by Gasteiger charge is -2.05. The third-order valence-corrected chi connectivity index (χ3v) is 2.81. The molecule has 0 aliphatic heterocycles. The number of anilines is 1. The van der Waals surface area contributed by atoms with Gasteiger partial charge in [-0.05, 0) is 30.4 Å². The second-order valence-corrected chi connectivity index (χ2v) is 4.55. The van der Waals surface area contributed by atoms with Crippen molar-refractivity contribution in [3.8, 4) is 0 Å². The number of aryl methyl sites for hydroxylation is 1. The minimum absolute atomic E-state index is 0.106. The molecule has 20 heavy (non-hydrogen) atoms. The maximum Gasteiger partial charge on any atom is 0.392 e. The van der Waals surface area contributed by atoms with Gasteiger partial charge in [-0.25, -0.2) is 0 Å². The summed E-state index contributed by atoms with van der Waals surface area (Å²) in [5.74, 6) is -0.106. The number of aromatic nitrogens is 3. The molecule has 0 radical (unpaired) electrons. The van der Waals surface area contributed by atoms with Crippen molar-refractivity contribution in [3.63, 3.8) is 0 Å². The van der Waals surface area contributed by atoms with Gasteiger partial charge in [0.2, 0.25) is 0 Å². The van der Waals surface area contributed by atoms with Crippen molar-refractivity contribution >= 4 is 11.5 Å². The van der Waals surface area contributed by atoms with E-state index in [-0.39, 0.29) is 5.82 Å². The van der Waals surface area contributed by atoms with Crippen LogP contribution in [-0.2, 0) is 6.54 Å². The quantitative estimate of drug-likeness (QED) is 0.646. The van der Waals surface area contributed by atoms with Crippen LogP contribution in [0.15, 0.2) is 24.5 Å². The van der Waals surface area contributed by atoms with Crippen LogP contribution in [0.5, 0.6) is 0 Å². The number of nitrogens with one attached hydrogen (secondary N) is 1. The maximum atomic E-state index is 10.8. The molecule has 2 aromatic heterocycles. The molecular weight excluding hydrogens is 258 g/mol. The molecule has 0 bridgehead atoms. The van der Waals surface area contributed by atoms with Crippen molar-refractivity contribution in [2.75, 3.05) is 11.9 Å². The Kier molecular flexibility index (Phi) is 4.29. The van der Waals surface area contributed by atoms with Crippen molar-refractivity contribution < 1.29 is 4.92 Å². The molecule has 0 aliphatic rings. The first kappa shape index (κ1) is 14.0. The first-order chi connectivity index (χ1) is 9.60. The maximum absolute atomic E-state index is 10.8. The number of hydrogen-bond acceptors (Lipinski definition) is 5. The van der Waals surface area contributed by atoms with Gasteiger partial charge in [-0.3, -0.25) is 4.98 Å². The predicted octanol–water partition coefficient (Wildman–Crippen LogP) is 2.36. The summed E-state index contributed by atoms with van der Waals surface area (Å²) in [6, 6.07) is 3.83. The monoisotopic (exact) mass is 275 g/mol. The molecule has 2 rings (SSSR count). The highest BCUT2D eigenvalue weighted by Gasteiger charge is 2.17. The number of hydrogen-bond donors (Lipinski definition) is 1. The van der Waals surface area contributed by atoms with Crippen molar-refractivity contribution in [2.24, 2.45) is 0 Å². The zero-order valence-corrected chi connectivity index (χ0v) is 11.5. The molecule has 0 saturated heterocycles. The van der Waals surface area contributed by atoms with E-state index in [1.54, 1.807) is 24.0 Å². The van der Waals surface area contributed by atoms with Crippen LogP contribution in [0.3, 0.4) is 0 Å². The van der Waals surface area contributed by atoms with Crippen LogP contribution in [0.1, 0.15) is 24.6 Å². The first-order valence-electron chi connectivity index (χ1n) is 6.47. The van der Waals surface area contributed by atoms with E-state index in [0.717, 1.165) is 24.3 Å². The Bertz CT molecular complexity index is 609. The lowest BCUT2D eigenvalue weighted by atomic mass is 10.3. The Morgan fingerprint density at radius 3 is 2.95 bits per heavy atom. The highest BCUT2D eigenvalue weighted by atomic mass is 16.6. The van der Waals surface area contributed by atoms with E-state index in [1.807, 2.05) is 12.1 Å². The summed E-state index contributed by atoms with van der Waals surface area (Å²) in [5.41, 5.74) is 2.36. The highest BCUT2D eigenvalue weighted by Crippen LogP contribution is 2.15. The van der Waals surface area contributed by atoms with Gasteiger partial charge >= 0.3 is 5.82 Å². The van der Waals surface area contributed by atoms with Gasteiger partial charge in [0.25, 0.3) is 0 Å². The number of pyridine rings is 1. The van der Waals surface area contributed by atoms with Gasteiger partial charge in [-0.15, -0.1) is 0 Å². The minimum Gasteiger partial charge on any atom is -0.385 e. The molecule has 106 valence electrons. The van der Waals surface area contributed by atoms with Gasteiger partial charge in [-0.1, -0.05) is 6.92 Å². The number of nitro groups is 1. The molecule has 0 aliphatic carbocycles. The van der Waals surface area contributed by atoms with Crippen LogP contribution in [0, 0.1) is 17.0 Å². The Balaban J connectivity index is 2.13. The summed E-state index contributed by atoms with van der Waals surface area (Å²) in [6.45, 7) is 5.08. The fraction of sp³-hybridized carbons (Fsp3) is 0.385. The lowest BCUT2D eigenvalue weighted by molar-refractivity contribution is -0.390. The average Bonchev–Trinajstić information content (AvgIpc) is 2.78. The zero-order valence-electron chi connectivity index (χ0n) is 11.5. The molecule has 0 fully saturated rings. The Morgan fingerprint density at radius 2 is 2.30 bits per heavy atom. The van der Waals surface area contributed by atoms with Crippen LogP contribution in [0.2, 0.25) is 0 Å². The van der Waals surface area contributed by atoms with Crippen LogP contribution in [-0.4, -0.2) is 26.2 Å². The van der Waals surface area contributed by atoms with E-state index in [1.165, 1.54) is 0 Å². The van der Waals surface area contributed by atoms with E-state index in [9.17, 15) is 10.1 Å². The minimum atomic E-state index is -0.474. The third-order valence-electron chi connectivity index (χ3n) is 2.81. The summed E-state index contributed by atoms with van der Waals surface area (Å²) >= 11 is 0. The van der Waals surface area contributed by atoms with Gasteiger partial charge in [0.15, 0.2) is 0 Å². The predicted molar refractivity (Wildman–Crippen MR) is 75.7 cm³/mol. The SMILES string of the molecule is CCCNc1ccnc(Cn2cc(C)c([N+](=O)[O-])n2)c1. The van der Waals surface area contributed by atoms with Gasteiger partial charge in [-0.2, -0.15) is 4.68 Å². The third kappa shape index (κ3) is 3.31. The van der Waals surface area contributed by atoms with Gasteiger partial charge < -0.3 is 15.4 Å². The van der Waals surface area contributed by atoms with Crippen molar-refractivity contribution in [1.82, 2.24) is 14.8 Å². The molecule has 0 aromatic carbocycles. The lowest BCUT2D eigenvalue weighted by Crippen LogP contribution is -2.05. The molecule has 7 heteroatoms. The van der Waals surface area contributed by atoms with E-state index < -0.39 is 4.92 Å². The standard InChI is InChI=1S/C13H17N5O2/c1-3-5-14-11-4-6-15-12(7-11)9-17-8-10(2)13(16-17)18(19)20/h4,6-8H,3,5,9H2,1-2H3,(H,14,15). The van der Waals surface area contributed by atoms with Crippen LogP contribution >= 0.6 is 0 Å². The Labute approximate surface area is 116 Å². The zero-order chi connectivity index (χ0) is 14.5. The van der Waals surface area contributed by atoms with Crippen LogP contribution in [0.4, 0.5) is 11.5 Å². The molecule has 0 atom stereocenters. The molecular formula is C13H17N5O2. The van der Waals surface area contributed by atoms with Crippen molar-refractivity contribution in [1.29, 1.82) is 0 Å². The first-order valence-corrected chi connectivity index (χ1v) is 6.47. The summed E-state index contributed by atoms with van der Waals surface area (Å²) < 4.78 is 1.54. The van der Waals surface area contributed by atoms with E-state index in [0.29, 0.717) is 12.1 Å². The molecule has 0 unspecified atom stereocenters. The van der Waals surface area contributed by atoms with Gasteiger partial charge in [0.05, 0.1) is 22.6 Å².